The number of rotatable bonds is 6. The Labute approximate surface area is 285 Å². The summed E-state index contributed by atoms with van der Waals surface area (Å²) in [6.07, 6.45) is 6.48. The number of sulfonamides is 1. The molecule has 1 aromatic heterocycles. The highest BCUT2D eigenvalue weighted by atomic mass is 32.2. The van der Waals surface area contributed by atoms with E-state index in [1.165, 1.54) is 4.90 Å². The number of nitrogens with zero attached hydrogens (tertiary/aromatic N) is 2. The molecule has 2 aromatic rings. The molecule has 49 heavy (non-hydrogen) atoms. The summed E-state index contributed by atoms with van der Waals surface area (Å²) in [6, 6.07) is 7.22. The number of nitrogens with one attached hydrogen (secondary N) is 4. The lowest BCUT2D eigenvalue weighted by Crippen LogP contribution is -2.59. The number of carbonyl (C=O) groups excluding carboxylic acids is 4. The Kier molecular flexibility index (Phi) is 9.59. The first-order valence-corrected chi connectivity index (χ1v) is 18.4. The molecule has 2 aliphatic heterocycles. The van der Waals surface area contributed by atoms with Crippen LogP contribution in [0.1, 0.15) is 59.3 Å². The number of carbonyl (C=O) groups is 4. The second-order valence-electron chi connectivity index (χ2n) is 14.2. The molecule has 14 nitrogen and oxygen atoms in total. The average molecular weight is 697 g/mol. The number of alkyl carbamates (subject to hydrolysis) is 1. The molecule has 4 N–H and O–H groups in total. The Hall–Kier alpha value is -4.24. The van der Waals surface area contributed by atoms with Crippen molar-refractivity contribution in [2.24, 2.45) is 5.92 Å². The van der Waals surface area contributed by atoms with Crippen molar-refractivity contribution in [3.8, 4) is 5.88 Å². The molecule has 4 aliphatic rings. The molecule has 2 saturated carbocycles. The molecule has 3 fully saturated rings. The molecule has 1 aromatic carbocycles. The van der Waals surface area contributed by atoms with Gasteiger partial charge in [-0.15, -0.1) is 0 Å². The van der Waals surface area contributed by atoms with E-state index in [1.807, 2.05) is 42.5 Å². The number of ether oxygens (including phenoxy) is 2. The van der Waals surface area contributed by atoms with Gasteiger partial charge in [-0.25, -0.2) is 18.2 Å². The van der Waals surface area contributed by atoms with Crippen molar-refractivity contribution in [2.45, 2.75) is 93.9 Å². The second-order valence-corrected chi connectivity index (χ2v) is 16.2. The Morgan fingerprint density at radius 1 is 1.12 bits per heavy atom. The zero-order valence-corrected chi connectivity index (χ0v) is 28.8. The molecule has 1 unspecified atom stereocenters. The molecule has 3 heterocycles. The van der Waals surface area contributed by atoms with Crippen molar-refractivity contribution in [3.05, 3.63) is 48.7 Å². The molecule has 0 spiro atoms. The minimum Gasteiger partial charge on any atom is -0.472 e. The van der Waals surface area contributed by atoms with Gasteiger partial charge in [-0.2, -0.15) is 0 Å². The van der Waals surface area contributed by atoms with Gasteiger partial charge >= 0.3 is 6.09 Å². The van der Waals surface area contributed by atoms with E-state index in [9.17, 15) is 27.6 Å². The van der Waals surface area contributed by atoms with Crippen LogP contribution in [0.3, 0.4) is 0 Å². The normalized spacial score (nSPS) is 27.9. The zero-order chi connectivity index (χ0) is 35.0. The van der Waals surface area contributed by atoms with Gasteiger partial charge in [0.25, 0.3) is 5.91 Å². The number of fused-ring (bicyclic) bond motifs is 3. The number of pyridine rings is 1. The van der Waals surface area contributed by atoms with Crippen LogP contribution < -0.4 is 25.4 Å². The third-order valence-corrected chi connectivity index (χ3v) is 11.0. The third kappa shape index (κ3) is 7.99. The van der Waals surface area contributed by atoms with Gasteiger partial charge in [-0.05, 0) is 76.9 Å². The largest absolute Gasteiger partial charge is 0.472 e. The molecular formula is C34H44N6O8S. The average Bonchev–Trinajstić information content (AvgIpc) is 3.96. The SMILES string of the molecule is CC(C)(C)OC(=O)N[C@H]1CNCCCC=C[C@@H]2C[C@@]2(C(=O)NS(=O)(=O)C2CC2)NC(=O)[C@@H]2CC(Oc3nccc4ccccc34)CN2C1=O. The number of amides is 4. The van der Waals surface area contributed by atoms with Crippen LogP contribution in [0.2, 0.25) is 0 Å². The first-order valence-electron chi connectivity index (χ1n) is 16.8. The molecule has 0 radical (unpaired) electrons. The van der Waals surface area contributed by atoms with Gasteiger partial charge in [0, 0.05) is 30.5 Å². The van der Waals surface area contributed by atoms with E-state index < -0.39 is 74.3 Å². The standard InChI is InChI=1S/C34H44N6O8S/c1-33(2,3)48-32(44)37-26-19-35-15-8-4-5-10-22-18-34(22,31(43)39-49(45,46)24-12-13-24)38-28(41)27-17-23(20-40(27)30(26)42)47-29-25-11-7-6-9-21(25)14-16-36-29/h5-7,9-11,14,16,22-24,26-27,35H,4,8,12-13,15,17-20H2,1-3H3,(H,37,44)(H,38,41)(H,39,43)/t22-,23?,26+,27+,34-/m1/s1. The van der Waals surface area contributed by atoms with Crippen LogP contribution in [0.5, 0.6) is 5.88 Å². The molecule has 6 rings (SSSR count). The van der Waals surface area contributed by atoms with E-state index in [0.717, 1.165) is 10.8 Å². The number of hydrogen-bond donors (Lipinski definition) is 4. The number of aromatic nitrogens is 1. The lowest BCUT2D eigenvalue weighted by Gasteiger charge is -2.30. The van der Waals surface area contributed by atoms with Gasteiger partial charge < -0.3 is 30.3 Å². The van der Waals surface area contributed by atoms with Crippen molar-refractivity contribution < 1.29 is 37.1 Å². The maximum absolute atomic E-state index is 14.3. The van der Waals surface area contributed by atoms with E-state index in [-0.39, 0.29) is 25.9 Å². The van der Waals surface area contributed by atoms with E-state index in [4.69, 9.17) is 9.47 Å². The van der Waals surface area contributed by atoms with Crippen molar-refractivity contribution in [1.82, 2.24) is 30.6 Å². The van der Waals surface area contributed by atoms with Gasteiger partial charge in [0.1, 0.15) is 29.3 Å². The minimum absolute atomic E-state index is 0.00704. The van der Waals surface area contributed by atoms with Crippen molar-refractivity contribution in [2.75, 3.05) is 19.6 Å². The van der Waals surface area contributed by atoms with E-state index in [0.29, 0.717) is 38.1 Å². The first kappa shape index (κ1) is 34.6. The van der Waals surface area contributed by atoms with Gasteiger partial charge in [0.2, 0.25) is 27.7 Å². The summed E-state index contributed by atoms with van der Waals surface area (Å²) < 4.78 is 39.5. The summed E-state index contributed by atoms with van der Waals surface area (Å²) in [5.41, 5.74) is -2.30. The Morgan fingerprint density at radius 2 is 1.90 bits per heavy atom. The maximum Gasteiger partial charge on any atom is 0.408 e. The summed E-state index contributed by atoms with van der Waals surface area (Å²) >= 11 is 0. The van der Waals surface area contributed by atoms with Crippen LogP contribution in [0.4, 0.5) is 4.79 Å². The predicted molar refractivity (Wildman–Crippen MR) is 180 cm³/mol. The monoisotopic (exact) mass is 696 g/mol. The topological polar surface area (TPSA) is 185 Å². The number of hydrogen-bond acceptors (Lipinski definition) is 10. The van der Waals surface area contributed by atoms with Crippen LogP contribution in [0.15, 0.2) is 48.7 Å². The van der Waals surface area contributed by atoms with Crippen LogP contribution in [-0.4, -0.2) is 96.3 Å². The van der Waals surface area contributed by atoms with Gasteiger partial charge in [0.15, 0.2) is 0 Å². The summed E-state index contributed by atoms with van der Waals surface area (Å²) in [6.45, 7) is 5.75. The van der Waals surface area contributed by atoms with E-state index in [2.05, 4.69) is 25.7 Å². The highest BCUT2D eigenvalue weighted by molar-refractivity contribution is 7.91. The van der Waals surface area contributed by atoms with Crippen molar-refractivity contribution >= 4 is 44.6 Å². The fourth-order valence-corrected chi connectivity index (χ4v) is 7.75. The van der Waals surface area contributed by atoms with Crippen LogP contribution in [-0.2, 0) is 29.1 Å². The predicted octanol–water partition coefficient (Wildman–Crippen LogP) is 1.90. The fraction of sp³-hybridized carbons (Fsp3) is 0.559. The van der Waals surface area contributed by atoms with Crippen molar-refractivity contribution in [1.29, 1.82) is 0 Å². The number of allylic oxidation sites excluding steroid dienone is 1. The molecule has 5 atom stereocenters. The summed E-state index contributed by atoms with van der Waals surface area (Å²) in [5.74, 6) is -2.04. The van der Waals surface area contributed by atoms with E-state index in [1.54, 1.807) is 27.0 Å². The molecule has 15 heteroatoms. The Balaban J connectivity index is 1.30. The molecular weight excluding hydrogens is 652 g/mol. The summed E-state index contributed by atoms with van der Waals surface area (Å²) in [4.78, 5) is 60.7. The van der Waals surface area contributed by atoms with Crippen LogP contribution >= 0.6 is 0 Å². The lowest BCUT2D eigenvalue weighted by molar-refractivity contribution is -0.141. The fourth-order valence-electron chi connectivity index (χ4n) is 6.39. The maximum atomic E-state index is 14.3. The molecule has 2 aliphatic carbocycles. The quantitative estimate of drug-likeness (QED) is 0.325. The van der Waals surface area contributed by atoms with Crippen LogP contribution in [0, 0.1) is 5.92 Å². The van der Waals surface area contributed by atoms with Gasteiger partial charge in [-0.3, -0.25) is 19.1 Å². The zero-order valence-electron chi connectivity index (χ0n) is 27.9. The van der Waals surface area contributed by atoms with E-state index >= 15 is 0 Å². The smallest absolute Gasteiger partial charge is 0.408 e. The minimum atomic E-state index is -3.88. The molecule has 4 amide bonds. The van der Waals surface area contributed by atoms with Gasteiger partial charge in [-0.1, -0.05) is 30.4 Å². The Bertz CT molecular complexity index is 1750. The third-order valence-electron chi connectivity index (χ3n) is 9.16. The molecule has 264 valence electrons. The van der Waals surface area contributed by atoms with Crippen molar-refractivity contribution in [3.63, 3.8) is 0 Å². The summed E-state index contributed by atoms with van der Waals surface area (Å²) in [7, 11) is -3.88. The Morgan fingerprint density at radius 3 is 2.65 bits per heavy atom. The molecule has 0 bridgehead atoms. The summed E-state index contributed by atoms with van der Waals surface area (Å²) in [5, 5.41) is 9.81. The highest BCUT2D eigenvalue weighted by Gasteiger charge is 2.62. The highest BCUT2D eigenvalue weighted by Crippen LogP contribution is 2.46. The molecule has 1 saturated heterocycles. The number of benzene rings is 1. The van der Waals surface area contributed by atoms with Gasteiger partial charge in [0.05, 0.1) is 11.8 Å². The first-order chi connectivity index (χ1) is 23.3. The lowest BCUT2D eigenvalue weighted by atomic mass is 10.1. The second kappa shape index (κ2) is 13.6. The van der Waals surface area contributed by atoms with Crippen LogP contribution in [0.25, 0.3) is 10.8 Å².